The van der Waals surface area contributed by atoms with Gasteiger partial charge in [-0.25, -0.2) is 0 Å². The first-order valence-corrected chi connectivity index (χ1v) is 5.58. The molecule has 0 radical (unpaired) electrons. The molecule has 0 aromatic carbocycles. The summed E-state index contributed by atoms with van der Waals surface area (Å²) >= 11 is 5.01. The number of hydrogen-bond donors (Lipinski definition) is 0. The van der Waals surface area contributed by atoms with Crippen LogP contribution in [0, 0.1) is 0 Å². The van der Waals surface area contributed by atoms with Gasteiger partial charge >= 0.3 is 0 Å². The lowest BCUT2D eigenvalue weighted by atomic mass is 9.91. The minimum atomic E-state index is 0.102. The normalized spacial score (nSPS) is 14.8. The standard InChI is InChI=1S/C8H13BrN2S/c1-5(9)6-7(8(2,3)4)10-11-12-6/h5H,1-4H3. The van der Waals surface area contributed by atoms with Crippen LogP contribution in [0.25, 0.3) is 0 Å². The largest absolute Gasteiger partial charge is 0.142 e. The molecule has 4 heteroatoms. The molecule has 0 bridgehead atoms. The summed E-state index contributed by atoms with van der Waals surface area (Å²) in [5.74, 6) is 0. The zero-order valence-electron chi connectivity index (χ0n) is 7.76. The summed E-state index contributed by atoms with van der Waals surface area (Å²) in [6.07, 6.45) is 0. The topological polar surface area (TPSA) is 25.8 Å². The Bertz CT molecular complexity index is 262. The quantitative estimate of drug-likeness (QED) is 0.714. The van der Waals surface area contributed by atoms with Crippen LogP contribution in [-0.2, 0) is 5.41 Å². The van der Waals surface area contributed by atoms with Gasteiger partial charge in [0, 0.05) is 10.2 Å². The molecule has 1 rings (SSSR count). The molecule has 0 aliphatic heterocycles. The third-order valence-corrected chi connectivity index (χ3v) is 3.25. The minimum Gasteiger partial charge on any atom is -0.142 e. The number of aromatic nitrogens is 2. The molecular weight excluding hydrogens is 236 g/mol. The average molecular weight is 249 g/mol. The molecular formula is C8H13BrN2S. The molecule has 0 N–H and O–H groups in total. The van der Waals surface area contributed by atoms with Crippen LogP contribution >= 0.6 is 27.5 Å². The van der Waals surface area contributed by atoms with Gasteiger partial charge in [-0.05, 0) is 18.5 Å². The van der Waals surface area contributed by atoms with Gasteiger partial charge in [-0.3, -0.25) is 0 Å². The first-order chi connectivity index (χ1) is 5.43. The van der Waals surface area contributed by atoms with Gasteiger partial charge in [0.15, 0.2) is 0 Å². The lowest BCUT2D eigenvalue weighted by Gasteiger charge is -2.17. The maximum atomic E-state index is 4.15. The lowest BCUT2D eigenvalue weighted by Crippen LogP contribution is -2.14. The zero-order valence-corrected chi connectivity index (χ0v) is 10.2. The Morgan fingerprint density at radius 2 is 2.00 bits per heavy atom. The molecule has 0 spiro atoms. The summed E-state index contributed by atoms with van der Waals surface area (Å²) in [7, 11) is 0. The Morgan fingerprint density at radius 3 is 2.33 bits per heavy atom. The van der Waals surface area contributed by atoms with Gasteiger partial charge in [0.25, 0.3) is 0 Å². The smallest absolute Gasteiger partial charge is 0.0852 e. The van der Waals surface area contributed by atoms with Gasteiger partial charge in [0.05, 0.1) is 10.6 Å². The van der Waals surface area contributed by atoms with Crippen LogP contribution < -0.4 is 0 Å². The SMILES string of the molecule is CC(Br)c1snnc1C(C)(C)C. The van der Waals surface area contributed by atoms with Crippen LogP contribution in [-0.4, -0.2) is 9.59 Å². The molecule has 0 saturated carbocycles. The van der Waals surface area contributed by atoms with Gasteiger partial charge in [-0.1, -0.05) is 41.2 Å². The molecule has 68 valence electrons. The van der Waals surface area contributed by atoms with Crippen molar-refractivity contribution in [1.82, 2.24) is 9.59 Å². The van der Waals surface area contributed by atoms with Crippen LogP contribution in [0.3, 0.4) is 0 Å². The Hall–Kier alpha value is 0.0400. The Labute approximate surface area is 85.7 Å². The number of nitrogens with zero attached hydrogens (tertiary/aromatic N) is 2. The summed E-state index contributed by atoms with van der Waals surface area (Å²) in [4.78, 5) is 1.59. The summed E-state index contributed by atoms with van der Waals surface area (Å²) in [6, 6.07) is 0. The molecule has 0 fully saturated rings. The Kier molecular flexibility index (Phi) is 2.88. The lowest BCUT2D eigenvalue weighted by molar-refractivity contribution is 0.561. The van der Waals surface area contributed by atoms with Crippen molar-refractivity contribution in [3.63, 3.8) is 0 Å². The molecule has 0 amide bonds. The summed E-state index contributed by atoms with van der Waals surface area (Å²) in [5.41, 5.74) is 1.21. The van der Waals surface area contributed by atoms with E-state index in [-0.39, 0.29) is 5.41 Å². The summed E-state index contributed by atoms with van der Waals surface area (Å²) < 4.78 is 3.97. The van der Waals surface area contributed by atoms with E-state index < -0.39 is 0 Å². The van der Waals surface area contributed by atoms with Crippen molar-refractivity contribution in [2.45, 2.75) is 37.9 Å². The van der Waals surface area contributed by atoms with Gasteiger partial charge in [-0.15, -0.1) is 5.10 Å². The molecule has 12 heavy (non-hydrogen) atoms. The average Bonchev–Trinajstić information content (AvgIpc) is 2.30. The number of alkyl halides is 1. The van der Waals surface area contributed by atoms with Crippen LogP contribution in [0.4, 0.5) is 0 Å². The third-order valence-electron chi connectivity index (χ3n) is 1.59. The molecule has 1 atom stereocenters. The van der Waals surface area contributed by atoms with E-state index in [2.05, 4.69) is 53.2 Å². The summed E-state index contributed by atoms with van der Waals surface area (Å²) in [5, 5.41) is 4.15. The highest BCUT2D eigenvalue weighted by Gasteiger charge is 2.23. The fourth-order valence-corrected chi connectivity index (χ4v) is 2.24. The highest BCUT2D eigenvalue weighted by atomic mass is 79.9. The van der Waals surface area contributed by atoms with E-state index in [4.69, 9.17) is 0 Å². The van der Waals surface area contributed by atoms with Gasteiger partial charge in [-0.2, -0.15) is 0 Å². The Morgan fingerprint density at radius 1 is 1.42 bits per heavy atom. The predicted octanol–water partition coefficient (Wildman–Crippen LogP) is 3.29. The Balaban J connectivity index is 3.08. The predicted molar refractivity (Wildman–Crippen MR) is 56.0 cm³/mol. The van der Waals surface area contributed by atoms with Crippen LogP contribution in [0.15, 0.2) is 0 Å². The molecule has 0 aliphatic rings. The van der Waals surface area contributed by atoms with E-state index in [1.807, 2.05) is 0 Å². The van der Waals surface area contributed by atoms with Gasteiger partial charge in [0.1, 0.15) is 0 Å². The fraction of sp³-hybridized carbons (Fsp3) is 0.750. The van der Waals surface area contributed by atoms with Crippen molar-refractivity contribution in [1.29, 1.82) is 0 Å². The number of hydrogen-bond acceptors (Lipinski definition) is 3. The molecule has 0 saturated heterocycles. The van der Waals surface area contributed by atoms with Crippen molar-refractivity contribution >= 4 is 27.5 Å². The minimum absolute atomic E-state index is 0.102. The van der Waals surface area contributed by atoms with Gasteiger partial charge in [0.2, 0.25) is 0 Å². The first kappa shape index (κ1) is 10.1. The maximum absolute atomic E-state index is 4.15. The highest BCUT2D eigenvalue weighted by molar-refractivity contribution is 9.09. The van der Waals surface area contributed by atoms with E-state index in [1.54, 1.807) is 0 Å². The van der Waals surface area contributed by atoms with E-state index in [9.17, 15) is 0 Å². The van der Waals surface area contributed by atoms with E-state index >= 15 is 0 Å². The van der Waals surface area contributed by atoms with E-state index in [0.717, 1.165) is 5.69 Å². The fourth-order valence-electron chi connectivity index (χ4n) is 0.978. The van der Waals surface area contributed by atoms with E-state index in [0.29, 0.717) is 4.83 Å². The molecule has 1 heterocycles. The zero-order chi connectivity index (χ0) is 9.35. The number of halogens is 1. The van der Waals surface area contributed by atoms with Crippen LogP contribution in [0.1, 0.15) is 43.1 Å². The number of rotatable bonds is 1. The second-order valence-corrected chi connectivity index (χ2v) is 6.01. The second kappa shape index (κ2) is 3.42. The highest BCUT2D eigenvalue weighted by Crippen LogP contribution is 2.33. The first-order valence-electron chi connectivity index (χ1n) is 3.89. The van der Waals surface area contributed by atoms with Crippen molar-refractivity contribution < 1.29 is 0 Å². The molecule has 1 aromatic heterocycles. The molecule has 1 aromatic rings. The van der Waals surface area contributed by atoms with Crippen LogP contribution in [0.5, 0.6) is 0 Å². The monoisotopic (exact) mass is 248 g/mol. The third kappa shape index (κ3) is 2.04. The molecule has 2 nitrogen and oxygen atoms in total. The molecule has 1 unspecified atom stereocenters. The maximum Gasteiger partial charge on any atom is 0.0852 e. The van der Waals surface area contributed by atoms with E-state index in [1.165, 1.54) is 16.4 Å². The molecule has 0 aliphatic carbocycles. The van der Waals surface area contributed by atoms with Crippen molar-refractivity contribution in [2.24, 2.45) is 0 Å². The van der Waals surface area contributed by atoms with Gasteiger partial charge < -0.3 is 0 Å². The van der Waals surface area contributed by atoms with Crippen LogP contribution in [0.2, 0.25) is 0 Å². The second-order valence-electron chi connectivity index (χ2n) is 3.85. The van der Waals surface area contributed by atoms with Crippen molar-refractivity contribution in [3.05, 3.63) is 10.6 Å². The van der Waals surface area contributed by atoms with Crippen molar-refractivity contribution in [3.8, 4) is 0 Å². The van der Waals surface area contributed by atoms with Crippen molar-refractivity contribution in [2.75, 3.05) is 0 Å². The summed E-state index contributed by atoms with van der Waals surface area (Å²) in [6.45, 7) is 8.57.